The molecule has 2 N–H and O–H groups in total. The van der Waals surface area contributed by atoms with Crippen molar-refractivity contribution in [3.8, 4) is 0 Å². The standard InChI is InChI=1S/C8H14O6/c1-5(9)4-8(2,3)13-6(10)7(11)14-12/h5,9,12H,4H2,1-3H3. The van der Waals surface area contributed by atoms with Gasteiger partial charge in [-0.05, 0) is 20.8 Å². The second-order valence-corrected chi connectivity index (χ2v) is 3.58. The van der Waals surface area contributed by atoms with E-state index >= 15 is 0 Å². The predicted octanol–water partition coefficient (Wildman–Crippen LogP) is 0.0953. The molecule has 6 nitrogen and oxygen atoms in total. The number of aliphatic hydroxyl groups excluding tert-OH is 1. The van der Waals surface area contributed by atoms with E-state index in [9.17, 15) is 9.59 Å². The topological polar surface area (TPSA) is 93.1 Å². The molecule has 0 saturated heterocycles. The second kappa shape index (κ2) is 4.92. The van der Waals surface area contributed by atoms with E-state index in [1.54, 1.807) is 0 Å². The molecule has 0 aromatic heterocycles. The Morgan fingerprint density at radius 3 is 2.21 bits per heavy atom. The molecule has 82 valence electrons. The first-order valence-electron chi connectivity index (χ1n) is 4.05. The molecule has 0 rings (SSSR count). The largest absolute Gasteiger partial charge is 0.451 e. The van der Waals surface area contributed by atoms with E-state index < -0.39 is 23.6 Å². The number of hydrogen-bond donors (Lipinski definition) is 2. The fraction of sp³-hybridized carbons (Fsp3) is 0.750. The van der Waals surface area contributed by atoms with Crippen molar-refractivity contribution in [3.05, 3.63) is 0 Å². The van der Waals surface area contributed by atoms with Crippen molar-refractivity contribution < 1.29 is 29.6 Å². The fourth-order valence-electron chi connectivity index (χ4n) is 1.08. The molecule has 14 heavy (non-hydrogen) atoms. The molecule has 0 spiro atoms. The van der Waals surface area contributed by atoms with E-state index in [4.69, 9.17) is 10.4 Å². The summed E-state index contributed by atoms with van der Waals surface area (Å²) in [5.74, 6) is -2.78. The van der Waals surface area contributed by atoms with Gasteiger partial charge in [-0.2, -0.15) is 5.26 Å². The van der Waals surface area contributed by atoms with Gasteiger partial charge in [-0.25, -0.2) is 9.59 Å². The van der Waals surface area contributed by atoms with E-state index in [2.05, 4.69) is 9.62 Å². The Bertz CT molecular complexity index is 220. The molecule has 0 radical (unpaired) electrons. The molecule has 0 aromatic rings. The lowest BCUT2D eigenvalue weighted by Crippen LogP contribution is -2.35. The third kappa shape index (κ3) is 4.78. The summed E-state index contributed by atoms with van der Waals surface area (Å²) < 4.78 is 4.67. The monoisotopic (exact) mass is 206 g/mol. The Morgan fingerprint density at radius 1 is 1.36 bits per heavy atom. The van der Waals surface area contributed by atoms with E-state index in [1.807, 2.05) is 0 Å². The van der Waals surface area contributed by atoms with Crippen LogP contribution in [0.4, 0.5) is 0 Å². The number of rotatable bonds is 3. The Hall–Kier alpha value is -1.14. The highest BCUT2D eigenvalue weighted by atomic mass is 17.1. The van der Waals surface area contributed by atoms with Crippen molar-refractivity contribution in [1.29, 1.82) is 0 Å². The van der Waals surface area contributed by atoms with Crippen molar-refractivity contribution in [3.63, 3.8) is 0 Å². The maximum absolute atomic E-state index is 10.8. The van der Waals surface area contributed by atoms with Gasteiger partial charge in [-0.3, -0.25) is 4.89 Å². The fourth-order valence-corrected chi connectivity index (χ4v) is 1.08. The van der Waals surface area contributed by atoms with Gasteiger partial charge in [0, 0.05) is 6.42 Å². The molecule has 0 bridgehead atoms. The molecule has 0 aliphatic carbocycles. The minimum absolute atomic E-state index is 0.178. The van der Waals surface area contributed by atoms with E-state index in [1.165, 1.54) is 20.8 Å². The lowest BCUT2D eigenvalue weighted by molar-refractivity contribution is -0.239. The van der Waals surface area contributed by atoms with Crippen molar-refractivity contribution in [1.82, 2.24) is 0 Å². The Labute approximate surface area is 81.4 Å². The smallest absolute Gasteiger partial charge is 0.449 e. The van der Waals surface area contributed by atoms with Crippen LogP contribution in [0.2, 0.25) is 0 Å². The summed E-state index contributed by atoms with van der Waals surface area (Å²) in [4.78, 5) is 24.5. The maximum atomic E-state index is 10.8. The first-order valence-corrected chi connectivity index (χ1v) is 4.05. The zero-order valence-corrected chi connectivity index (χ0v) is 8.31. The number of carbonyl (C=O) groups excluding carboxylic acids is 2. The molecule has 0 amide bonds. The summed E-state index contributed by atoms with van der Waals surface area (Å²) in [6.45, 7) is 4.59. The van der Waals surface area contributed by atoms with Crippen LogP contribution in [-0.2, 0) is 19.2 Å². The molecular formula is C8H14O6. The van der Waals surface area contributed by atoms with Crippen LogP contribution in [0.3, 0.4) is 0 Å². The minimum Gasteiger partial charge on any atom is -0.451 e. The van der Waals surface area contributed by atoms with Crippen LogP contribution >= 0.6 is 0 Å². The van der Waals surface area contributed by atoms with Gasteiger partial charge in [0.05, 0.1) is 6.10 Å². The summed E-state index contributed by atoms with van der Waals surface area (Å²) in [6.07, 6.45) is -0.486. The third-order valence-electron chi connectivity index (χ3n) is 1.41. The van der Waals surface area contributed by atoms with Crippen LogP contribution in [0.5, 0.6) is 0 Å². The predicted molar refractivity (Wildman–Crippen MR) is 45.2 cm³/mol. The zero-order chi connectivity index (χ0) is 11.4. The summed E-state index contributed by atoms with van der Waals surface area (Å²) in [6, 6.07) is 0. The van der Waals surface area contributed by atoms with Gasteiger partial charge in [0.25, 0.3) is 0 Å². The van der Waals surface area contributed by atoms with Gasteiger partial charge in [0.2, 0.25) is 0 Å². The SMILES string of the molecule is CC(O)CC(C)(C)OC(=O)C(=O)OO. The van der Waals surface area contributed by atoms with Crippen molar-refractivity contribution in [2.75, 3.05) is 0 Å². The Kier molecular flexibility index (Phi) is 4.52. The van der Waals surface area contributed by atoms with Gasteiger partial charge in [-0.1, -0.05) is 0 Å². The highest BCUT2D eigenvalue weighted by Crippen LogP contribution is 2.17. The minimum atomic E-state index is -1.48. The lowest BCUT2D eigenvalue weighted by Gasteiger charge is -2.25. The maximum Gasteiger partial charge on any atom is 0.449 e. The summed E-state index contributed by atoms with van der Waals surface area (Å²) >= 11 is 0. The third-order valence-corrected chi connectivity index (χ3v) is 1.41. The molecule has 0 aliphatic heterocycles. The average Bonchev–Trinajstić information content (AvgIpc) is 1.99. The van der Waals surface area contributed by atoms with Crippen molar-refractivity contribution in [2.24, 2.45) is 0 Å². The van der Waals surface area contributed by atoms with Crippen LogP contribution < -0.4 is 0 Å². The Morgan fingerprint density at radius 2 is 1.86 bits per heavy atom. The first kappa shape index (κ1) is 12.9. The Balaban J connectivity index is 4.21. The lowest BCUT2D eigenvalue weighted by atomic mass is 10.0. The quantitative estimate of drug-likeness (QED) is 0.294. The molecule has 1 unspecified atom stereocenters. The number of carbonyl (C=O) groups is 2. The molecule has 0 aromatic carbocycles. The van der Waals surface area contributed by atoms with Crippen molar-refractivity contribution in [2.45, 2.75) is 38.9 Å². The normalized spacial score (nSPS) is 13.2. The highest BCUT2D eigenvalue weighted by Gasteiger charge is 2.29. The zero-order valence-electron chi connectivity index (χ0n) is 8.31. The van der Waals surface area contributed by atoms with Crippen molar-refractivity contribution >= 4 is 11.9 Å². The van der Waals surface area contributed by atoms with Gasteiger partial charge < -0.3 is 9.84 Å². The molecule has 0 saturated carbocycles. The van der Waals surface area contributed by atoms with Crippen LogP contribution in [0.1, 0.15) is 27.2 Å². The molecule has 1 atom stereocenters. The second-order valence-electron chi connectivity index (χ2n) is 3.58. The summed E-state index contributed by atoms with van der Waals surface area (Å²) in [5.41, 5.74) is -0.987. The molecule has 0 aliphatic rings. The molecule has 6 heteroatoms. The van der Waals surface area contributed by atoms with E-state index in [0.29, 0.717) is 0 Å². The highest BCUT2D eigenvalue weighted by molar-refractivity contribution is 6.29. The van der Waals surface area contributed by atoms with Crippen LogP contribution in [0, 0.1) is 0 Å². The van der Waals surface area contributed by atoms with Crippen LogP contribution in [0.25, 0.3) is 0 Å². The number of aliphatic hydroxyl groups is 1. The van der Waals surface area contributed by atoms with E-state index in [0.717, 1.165) is 0 Å². The molecule has 0 heterocycles. The van der Waals surface area contributed by atoms with E-state index in [-0.39, 0.29) is 6.42 Å². The molecular weight excluding hydrogens is 192 g/mol. The van der Waals surface area contributed by atoms with Gasteiger partial charge >= 0.3 is 11.9 Å². The number of esters is 1. The van der Waals surface area contributed by atoms with Crippen LogP contribution in [0.15, 0.2) is 0 Å². The van der Waals surface area contributed by atoms with Gasteiger partial charge in [0.1, 0.15) is 5.60 Å². The van der Waals surface area contributed by atoms with Gasteiger partial charge in [0.15, 0.2) is 0 Å². The first-order chi connectivity index (χ1) is 6.28. The number of ether oxygens (including phenoxy) is 1. The van der Waals surface area contributed by atoms with Gasteiger partial charge in [-0.15, -0.1) is 0 Å². The molecule has 0 fully saturated rings. The van der Waals surface area contributed by atoms with Crippen LogP contribution in [-0.4, -0.2) is 34.0 Å². The summed E-state index contributed by atoms with van der Waals surface area (Å²) in [5, 5.41) is 16.9. The number of hydrogen-bond acceptors (Lipinski definition) is 6. The summed E-state index contributed by atoms with van der Waals surface area (Å²) in [7, 11) is 0. The average molecular weight is 206 g/mol.